The van der Waals surface area contributed by atoms with Gasteiger partial charge in [0, 0.05) is 35.2 Å². The third-order valence-electron chi connectivity index (χ3n) is 3.80. The number of benzene rings is 2. The number of rotatable bonds is 7. The molecule has 27 heavy (non-hydrogen) atoms. The van der Waals surface area contributed by atoms with Crippen LogP contribution in [0.2, 0.25) is 5.02 Å². The maximum absolute atomic E-state index is 12.2. The zero-order chi connectivity index (χ0) is 19.2. The quantitative estimate of drug-likeness (QED) is 0.659. The molecular formula is C19H18ClN3O4. The molecule has 0 fully saturated rings. The highest BCUT2D eigenvalue weighted by Crippen LogP contribution is 2.29. The molecule has 0 saturated carbocycles. The summed E-state index contributed by atoms with van der Waals surface area (Å²) in [5, 5.41) is 7.37. The van der Waals surface area contributed by atoms with Crippen molar-refractivity contribution in [1.82, 2.24) is 10.1 Å². The van der Waals surface area contributed by atoms with Crippen LogP contribution in [0.25, 0.3) is 11.4 Å². The molecule has 3 aromatic rings. The summed E-state index contributed by atoms with van der Waals surface area (Å²) in [5.74, 6) is 1.81. The van der Waals surface area contributed by atoms with Crippen molar-refractivity contribution in [2.75, 3.05) is 19.5 Å². The molecule has 0 spiro atoms. The van der Waals surface area contributed by atoms with Crippen LogP contribution >= 0.6 is 11.6 Å². The minimum Gasteiger partial charge on any atom is -0.493 e. The minimum absolute atomic E-state index is 0.173. The lowest BCUT2D eigenvalue weighted by Crippen LogP contribution is -2.12. The van der Waals surface area contributed by atoms with Crippen molar-refractivity contribution in [2.24, 2.45) is 0 Å². The van der Waals surface area contributed by atoms with E-state index in [1.807, 2.05) is 0 Å². The van der Waals surface area contributed by atoms with Crippen LogP contribution in [0.4, 0.5) is 5.69 Å². The predicted molar refractivity (Wildman–Crippen MR) is 101 cm³/mol. The largest absolute Gasteiger partial charge is 0.493 e. The maximum atomic E-state index is 12.2. The van der Waals surface area contributed by atoms with Gasteiger partial charge in [0.15, 0.2) is 11.5 Å². The monoisotopic (exact) mass is 387 g/mol. The Labute approximate surface area is 161 Å². The van der Waals surface area contributed by atoms with Crippen molar-refractivity contribution >= 4 is 23.2 Å². The molecule has 1 N–H and O–H groups in total. The number of methoxy groups -OCH3 is 2. The van der Waals surface area contributed by atoms with Crippen LogP contribution in [0.1, 0.15) is 12.3 Å². The molecule has 3 rings (SSSR count). The first-order valence-electron chi connectivity index (χ1n) is 8.19. The van der Waals surface area contributed by atoms with Crippen molar-refractivity contribution in [3.63, 3.8) is 0 Å². The number of aromatic nitrogens is 2. The molecule has 0 unspecified atom stereocenters. The number of anilines is 1. The van der Waals surface area contributed by atoms with Gasteiger partial charge in [-0.15, -0.1) is 0 Å². The Morgan fingerprint density at radius 3 is 2.56 bits per heavy atom. The topological polar surface area (TPSA) is 86.5 Å². The van der Waals surface area contributed by atoms with Crippen LogP contribution in [0.3, 0.4) is 0 Å². The molecule has 0 bridgehead atoms. The maximum Gasteiger partial charge on any atom is 0.227 e. The lowest BCUT2D eigenvalue weighted by Gasteiger charge is -2.10. The molecule has 1 heterocycles. The van der Waals surface area contributed by atoms with E-state index >= 15 is 0 Å². The highest BCUT2D eigenvalue weighted by atomic mass is 35.5. The highest BCUT2D eigenvalue weighted by Gasteiger charge is 2.12. The first-order chi connectivity index (χ1) is 13.1. The van der Waals surface area contributed by atoms with Gasteiger partial charge >= 0.3 is 0 Å². The van der Waals surface area contributed by atoms with Crippen molar-refractivity contribution in [1.29, 1.82) is 0 Å². The number of aryl methyl sites for hydroxylation is 1. The van der Waals surface area contributed by atoms with Crippen LogP contribution in [0.5, 0.6) is 11.5 Å². The normalized spacial score (nSPS) is 10.5. The summed E-state index contributed by atoms with van der Waals surface area (Å²) in [5.41, 5.74) is 1.41. The molecule has 1 amide bonds. The summed E-state index contributed by atoms with van der Waals surface area (Å²) in [4.78, 5) is 16.5. The van der Waals surface area contributed by atoms with Crippen LogP contribution in [0.15, 0.2) is 47.0 Å². The third kappa shape index (κ3) is 4.77. The summed E-state index contributed by atoms with van der Waals surface area (Å²) in [6.45, 7) is 0. The second-order valence-corrected chi connectivity index (χ2v) is 6.07. The Morgan fingerprint density at radius 1 is 1.11 bits per heavy atom. The standard InChI is InChI=1S/C19H18ClN3O4/c1-25-15-8-7-14(11-16(15)26-2)21-17(24)9-10-18-22-19(23-27-18)12-3-5-13(20)6-4-12/h3-8,11H,9-10H2,1-2H3,(H,21,24). The summed E-state index contributed by atoms with van der Waals surface area (Å²) >= 11 is 5.87. The first kappa shape index (κ1) is 18.7. The Kier molecular flexibility index (Phi) is 5.93. The van der Waals surface area contributed by atoms with E-state index in [9.17, 15) is 4.79 Å². The third-order valence-corrected chi connectivity index (χ3v) is 4.06. The number of nitrogens with zero attached hydrogens (tertiary/aromatic N) is 2. The molecule has 0 saturated heterocycles. The van der Waals surface area contributed by atoms with Crippen LogP contribution in [-0.2, 0) is 11.2 Å². The van der Waals surface area contributed by atoms with E-state index in [0.717, 1.165) is 5.56 Å². The minimum atomic E-state index is -0.173. The fraction of sp³-hybridized carbons (Fsp3) is 0.211. The number of halogens is 1. The second kappa shape index (κ2) is 8.55. The molecule has 0 aliphatic heterocycles. The Hall–Kier alpha value is -3.06. The van der Waals surface area contributed by atoms with E-state index in [2.05, 4.69) is 15.5 Å². The summed E-state index contributed by atoms with van der Waals surface area (Å²) in [7, 11) is 3.09. The Bertz CT molecular complexity index is 925. The van der Waals surface area contributed by atoms with E-state index in [0.29, 0.717) is 40.3 Å². The number of hydrogen-bond acceptors (Lipinski definition) is 6. The number of amides is 1. The number of ether oxygens (including phenoxy) is 2. The van der Waals surface area contributed by atoms with Crippen molar-refractivity contribution in [3.05, 3.63) is 53.4 Å². The Balaban J connectivity index is 1.57. The second-order valence-electron chi connectivity index (χ2n) is 5.64. The van der Waals surface area contributed by atoms with Gasteiger partial charge in [0.05, 0.1) is 14.2 Å². The van der Waals surface area contributed by atoms with Gasteiger partial charge in [-0.3, -0.25) is 4.79 Å². The fourth-order valence-corrected chi connectivity index (χ4v) is 2.56. The van der Waals surface area contributed by atoms with Gasteiger partial charge in [0.1, 0.15) is 0 Å². The van der Waals surface area contributed by atoms with Gasteiger partial charge in [-0.05, 0) is 36.4 Å². The number of hydrogen-bond donors (Lipinski definition) is 1. The summed E-state index contributed by atoms with van der Waals surface area (Å²) < 4.78 is 15.6. The molecule has 0 aliphatic carbocycles. The molecule has 0 aliphatic rings. The fourth-order valence-electron chi connectivity index (χ4n) is 2.43. The SMILES string of the molecule is COc1ccc(NC(=O)CCc2nc(-c3ccc(Cl)cc3)no2)cc1OC. The van der Waals surface area contributed by atoms with E-state index < -0.39 is 0 Å². The molecule has 8 heteroatoms. The van der Waals surface area contributed by atoms with Crippen molar-refractivity contribution < 1.29 is 18.8 Å². The molecule has 0 radical (unpaired) electrons. The molecular weight excluding hydrogens is 370 g/mol. The highest BCUT2D eigenvalue weighted by molar-refractivity contribution is 6.30. The smallest absolute Gasteiger partial charge is 0.227 e. The number of nitrogens with one attached hydrogen (secondary N) is 1. The Morgan fingerprint density at radius 2 is 1.85 bits per heavy atom. The van der Waals surface area contributed by atoms with E-state index in [-0.39, 0.29) is 12.3 Å². The number of carbonyl (C=O) groups is 1. The van der Waals surface area contributed by atoms with E-state index in [1.54, 1.807) is 49.6 Å². The van der Waals surface area contributed by atoms with E-state index in [1.165, 1.54) is 7.11 Å². The van der Waals surface area contributed by atoms with Gasteiger partial charge in [0.25, 0.3) is 0 Å². The van der Waals surface area contributed by atoms with Gasteiger partial charge in [-0.25, -0.2) is 0 Å². The number of carbonyl (C=O) groups excluding carboxylic acids is 1. The van der Waals surface area contributed by atoms with Crippen LogP contribution < -0.4 is 14.8 Å². The van der Waals surface area contributed by atoms with Gasteiger partial charge in [-0.2, -0.15) is 4.98 Å². The average molecular weight is 388 g/mol. The lowest BCUT2D eigenvalue weighted by molar-refractivity contribution is -0.116. The summed E-state index contributed by atoms with van der Waals surface area (Å²) in [6, 6.07) is 12.3. The molecule has 140 valence electrons. The van der Waals surface area contributed by atoms with Crippen molar-refractivity contribution in [3.8, 4) is 22.9 Å². The van der Waals surface area contributed by atoms with Crippen LogP contribution in [0, 0.1) is 0 Å². The molecule has 7 nitrogen and oxygen atoms in total. The molecule has 0 atom stereocenters. The van der Waals surface area contributed by atoms with Gasteiger partial charge < -0.3 is 19.3 Å². The summed E-state index contributed by atoms with van der Waals surface area (Å²) in [6.07, 6.45) is 0.538. The van der Waals surface area contributed by atoms with Gasteiger partial charge in [0.2, 0.25) is 17.6 Å². The molecule has 2 aromatic carbocycles. The van der Waals surface area contributed by atoms with E-state index in [4.69, 9.17) is 25.6 Å². The van der Waals surface area contributed by atoms with Crippen molar-refractivity contribution in [2.45, 2.75) is 12.8 Å². The van der Waals surface area contributed by atoms with Crippen LogP contribution in [-0.4, -0.2) is 30.3 Å². The zero-order valence-electron chi connectivity index (χ0n) is 14.9. The average Bonchev–Trinajstić information content (AvgIpc) is 3.16. The zero-order valence-corrected chi connectivity index (χ0v) is 15.6. The predicted octanol–water partition coefficient (Wildman–Crippen LogP) is 3.98. The lowest BCUT2D eigenvalue weighted by atomic mass is 10.2. The first-order valence-corrected chi connectivity index (χ1v) is 8.57. The molecule has 1 aromatic heterocycles. The van der Waals surface area contributed by atoms with Gasteiger partial charge in [-0.1, -0.05) is 16.8 Å².